The highest BCUT2D eigenvalue weighted by Crippen LogP contribution is 2.21. The van der Waals surface area contributed by atoms with Gasteiger partial charge in [-0.15, -0.1) is 0 Å². The van der Waals surface area contributed by atoms with Crippen LogP contribution in [-0.4, -0.2) is 11.5 Å². The van der Waals surface area contributed by atoms with Crippen molar-refractivity contribution in [3.63, 3.8) is 0 Å². The maximum Gasteiger partial charge on any atom is 0.132 e. The Balaban J connectivity index is 2.22. The smallest absolute Gasteiger partial charge is 0.132 e. The van der Waals surface area contributed by atoms with Gasteiger partial charge in [0.15, 0.2) is 0 Å². The largest absolute Gasteiger partial charge is 0.370 e. The number of anilines is 3. The Kier molecular flexibility index (Phi) is 3.77. The molecule has 0 atom stereocenters. The zero-order valence-electron chi connectivity index (χ0n) is 10.5. The molecule has 2 rings (SSSR count). The summed E-state index contributed by atoms with van der Waals surface area (Å²) in [5.74, 6) is 1.24. The van der Waals surface area contributed by atoms with Gasteiger partial charge < -0.3 is 10.6 Å². The van der Waals surface area contributed by atoms with Gasteiger partial charge in [0.2, 0.25) is 0 Å². The van der Waals surface area contributed by atoms with E-state index in [4.69, 9.17) is 0 Å². The highest BCUT2D eigenvalue weighted by atomic mass is 19.1. The van der Waals surface area contributed by atoms with Crippen LogP contribution in [0.4, 0.5) is 21.7 Å². The molecule has 0 amide bonds. The fraction of sp³-hybridized carbons (Fsp3) is 0.214. The van der Waals surface area contributed by atoms with Gasteiger partial charge in [-0.3, -0.25) is 0 Å². The molecule has 0 saturated carbocycles. The van der Waals surface area contributed by atoms with Crippen molar-refractivity contribution in [2.75, 3.05) is 17.2 Å². The topological polar surface area (TPSA) is 37.0 Å². The number of pyridine rings is 1. The Morgan fingerprint density at radius 2 is 1.94 bits per heavy atom. The van der Waals surface area contributed by atoms with Gasteiger partial charge in [0.1, 0.15) is 17.5 Å². The van der Waals surface area contributed by atoms with E-state index < -0.39 is 0 Å². The van der Waals surface area contributed by atoms with Crippen molar-refractivity contribution in [2.24, 2.45) is 0 Å². The van der Waals surface area contributed by atoms with Gasteiger partial charge in [-0.1, -0.05) is 12.1 Å². The van der Waals surface area contributed by atoms with Gasteiger partial charge in [0, 0.05) is 12.2 Å². The van der Waals surface area contributed by atoms with E-state index in [1.54, 1.807) is 6.07 Å². The predicted octanol–water partition coefficient (Wildman–Crippen LogP) is 3.70. The number of nitrogens with zero attached hydrogens (tertiary/aromatic N) is 1. The second-order valence-corrected chi connectivity index (χ2v) is 4.02. The van der Waals surface area contributed by atoms with Gasteiger partial charge >= 0.3 is 0 Å². The normalized spacial score (nSPS) is 10.2. The highest BCUT2D eigenvalue weighted by molar-refractivity contribution is 5.61. The minimum atomic E-state index is -0.258. The molecule has 0 fully saturated rings. The number of hydrogen-bond acceptors (Lipinski definition) is 3. The Morgan fingerprint density at radius 3 is 2.72 bits per heavy atom. The maximum absolute atomic E-state index is 13.2. The summed E-state index contributed by atoms with van der Waals surface area (Å²) in [6.07, 6.45) is 0. The van der Waals surface area contributed by atoms with E-state index in [1.165, 1.54) is 12.1 Å². The first kappa shape index (κ1) is 12.4. The minimum Gasteiger partial charge on any atom is -0.370 e. The molecule has 0 radical (unpaired) electrons. The molecule has 18 heavy (non-hydrogen) atoms. The molecule has 0 spiro atoms. The second-order valence-electron chi connectivity index (χ2n) is 4.02. The van der Waals surface area contributed by atoms with Crippen molar-refractivity contribution in [1.29, 1.82) is 0 Å². The van der Waals surface area contributed by atoms with E-state index in [0.29, 0.717) is 5.82 Å². The molecule has 1 aromatic heterocycles. The van der Waals surface area contributed by atoms with Crippen molar-refractivity contribution in [3.8, 4) is 0 Å². The minimum absolute atomic E-state index is 0.258. The SMILES string of the molecule is CCNc1cccc(Nc2cc(F)ccc2C)n1. The molecule has 0 aliphatic heterocycles. The number of aryl methyl sites for hydroxylation is 1. The number of benzene rings is 1. The molecule has 4 heteroatoms. The zero-order valence-corrected chi connectivity index (χ0v) is 10.5. The quantitative estimate of drug-likeness (QED) is 0.862. The number of nitrogens with one attached hydrogen (secondary N) is 2. The Labute approximate surface area is 106 Å². The fourth-order valence-corrected chi connectivity index (χ4v) is 1.65. The summed E-state index contributed by atoms with van der Waals surface area (Å²) in [7, 11) is 0. The van der Waals surface area contributed by atoms with Gasteiger partial charge in [-0.2, -0.15) is 0 Å². The van der Waals surface area contributed by atoms with Gasteiger partial charge in [0.05, 0.1) is 0 Å². The molecule has 0 unspecified atom stereocenters. The lowest BCUT2D eigenvalue weighted by atomic mass is 10.2. The highest BCUT2D eigenvalue weighted by Gasteiger charge is 2.02. The number of halogens is 1. The van der Waals surface area contributed by atoms with E-state index >= 15 is 0 Å². The summed E-state index contributed by atoms with van der Waals surface area (Å²) in [6, 6.07) is 10.3. The summed E-state index contributed by atoms with van der Waals surface area (Å²) in [5, 5.41) is 6.26. The summed E-state index contributed by atoms with van der Waals surface area (Å²) in [5.41, 5.74) is 1.71. The molecule has 94 valence electrons. The molecule has 0 bridgehead atoms. The summed E-state index contributed by atoms with van der Waals surface area (Å²) in [4.78, 5) is 4.38. The van der Waals surface area contributed by atoms with Gasteiger partial charge in [0.25, 0.3) is 0 Å². The first-order valence-corrected chi connectivity index (χ1v) is 5.93. The number of rotatable bonds is 4. The zero-order chi connectivity index (χ0) is 13.0. The van der Waals surface area contributed by atoms with E-state index in [2.05, 4.69) is 15.6 Å². The van der Waals surface area contributed by atoms with Crippen LogP contribution in [0, 0.1) is 12.7 Å². The number of hydrogen-bond donors (Lipinski definition) is 2. The lowest BCUT2D eigenvalue weighted by Crippen LogP contribution is -2.02. The lowest BCUT2D eigenvalue weighted by molar-refractivity contribution is 0.628. The van der Waals surface area contributed by atoms with Gasteiger partial charge in [-0.25, -0.2) is 9.37 Å². The third-order valence-electron chi connectivity index (χ3n) is 2.57. The Morgan fingerprint density at radius 1 is 1.17 bits per heavy atom. The van der Waals surface area contributed by atoms with E-state index in [1.807, 2.05) is 32.0 Å². The molecule has 2 aromatic rings. The van der Waals surface area contributed by atoms with Crippen LogP contribution in [-0.2, 0) is 0 Å². The first-order chi connectivity index (χ1) is 8.69. The average molecular weight is 245 g/mol. The van der Waals surface area contributed by atoms with E-state index in [9.17, 15) is 4.39 Å². The van der Waals surface area contributed by atoms with Crippen molar-refractivity contribution in [3.05, 3.63) is 47.8 Å². The molecule has 1 aromatic carbocycles. The van der Waals surface area contributed by atoms with Crippen LogP contribution in [0.5, 0.6) is 0 Å². The summed E-state index contributed by atoms with van der Waals surface area (Å²) < 4.78 is 13.2. The molecule has 3 nitrogen and oxygen atoms in total. The van der Waals surface area contributed by atoms with Crippen molar-refractivity contribution >= 4 is 17.3 Å². The summed E-state index contributed by atoms with van der Waals surface area (Å²) in [6.45, 7) is 4.75. The Hall–Kier alpha value is -2.10. The maximum atomic E-state index is 13.2. The molecular formula is C14H16FN3. The summed E-state index contributed by atoms with van der Waals surface area (Å²) >= 11 is 0. The molecule has 0 saturated heterocycles. The van der Waals surface area contributed by atoms with Crippen molar-refractivity contribution < 1.29 is 4.39 Å². The molecule has 0 aliphatic rings. The second kappa shape index (κ2) is 5.49. The van der Waals surface area contributed by atoms with Crippen LogP contribution in [0.3, 0.4) is 0 Å². The lowest BCUT2D eigenvalue weighted by Gasteiger charge is -2.10. The molecular weight excluding hydrogens is 229 g/mol. The Bertz CT molecular complexity index is 540. The predicted molar refractivity (Wildman–Crippen MR) is 72.8 cm³/mol. The van der Waals surface area contributed by atoms with E-state index in [-0.39, 0.29) is 5.82 Å². The van der Waals surface area contributed by atoms with Crippen molar-refractivity contribution in [2.45, 2.75) is 13.8 Å². The molecule has 2 N–H and O–H groups in total. The van der Waals surface area contributed by atoms with Crippen molar-refractivity contribution in [1.82, 2.24) is 4.98 Å². The monoisotopic (exact) mass is 245 g/mol. The third kappa shape index (κ3) is 2.97. The van der Waals surface area contributed by atoms with Crippen LogP contribution < -0.4 is 10.6 Å². The fourth-order valence-electron chi connectivity index (χ4n) is 1.65. The van der Waals surface area contributed by atoms with Crippen LogP contribution in [0.25, 0.3) is 0 Å². The number of aromatic nitrogens is 1. The molecule has 1 heterocycles. The first-order valence-electron chi connectivity index (χ1n) is 5.93. The van der Waals surface area contributed by atoms with Crippen LogP contribution in [0.2, 0.25) is 0 Å². The van der Waals surface area contributed by atoms with E-state index in [0.717, 1.165) is 23.6 Å². The van der Waals surface area contributed by atoms with Crippen LogP contribution in [0.1, 0.15) is 12.5 Å². The standard InChI is InChI=1S/C14H16FN3/c1-3-16-13-5-4-6-14(18-13)17-12-9-11(15)8-7-10(12)2/h4-9H,3H2,1-2H3,(H2,16,17,18). The van der Waals surface area contributed by atoms with Crippen LogP contribution >= 0.6 is 0 Å². The molecule has 0 aliphatic carbocycles. The van der Waals surface area contributed by atoms with Crippen LogP contribution in [0.15, 0.2) is 36.4 Å². The third-order valence-corrected chi connectivity index (χ3v) is 2.57. The average Bonchev–Trinajstić information content (AvgIpc) is 2.35. The van der Waals surface area contributed by atoms with Gasteiger partial charge in [-0.05, 0) is 43.7 Å².